The second-order valence-electron chi connectivity index (χ2n) is 5.54. The Morgan fingerprint density at radius 3 is 2.54 bits per heavy atom. The summed E-state index contributed by atoms with van der Waals surface area (Å²) < 4.78 is 5.00. The van der Waals surface area contributed by atoms with Gasteiger partial charge in [0.15, 0.2) is 0 Å². The first-order valence-electron chi connectivity index (χ1n) is 7.60. The summed E-state index contributed by atoms with van der Waals surface area (Å²) in [5.74, 6) is -0.886. The van der Waals surface area contributed by atoms with Crippen LogP contribution in [0.5, 0.6) is 0 Å². The van der Waals surface area contributed by atoms with Crippen molar-refractivity contribution in [1.82, 2.24) is 4.90 Å². The average molecular weight is 334 g/mol. The van der Waals surface area contributed by atoms with Gasteiger partial charge in [-0.1, -0.05) is 0 Å². The molecule has 1 atom stereocenters. The molecule has 128 valence electrons. The molecule has 1 saturated heterocycles. The number of hydrogen-bond donors (Lipinski definition) is 0. The lowest BCUT2D eigenvalue weighted by molar-refractivity contribution is -0.384. The van der Waals surface area contributed by atoms with Crippen molar-refractivity contribution in [2.45, 2.75) is 38.8 Å². The van der Waals surface area contributed by atoms with E-state index in [0.29, 0.717) is 18.5 Å². The first-order chi connectivity index (χ1) is 11.4. The highest BCUT2D eigenvalue weighted by atomic mass is 16.6. The van der Waals surface area contributed by atoms with Gasteiger partial charge in [0.2, 0.25) is 5.91 Å². The van der Waals surface area contributed by atoms with Crippen molar-refractivity contribution >= 4 is 23.3 Å². The summed E-state index contributed by atoms with van der Waals surface area (Å²) in [5, 5.41) is 10.5. The Morgan fingerprint density at radius 1 is 1.33 bits per heavy atom. The van der Waals surface area contributed by atoms with E-state index >= 15 is 0 Å². The van der Waals surface area contributed by atoms with Gasteiger partial charge in [-0.2, -0.15) is 0 Å². The molecule has 8 nitrogen and oxygen atoms in total. The summed E-state index contributed by atoms with van der Waals surface area (Å²) in [4.78, 5) is 46.4. The number of carbonyl (C=O) groups excluding carboxylic acids is 3. The van der Waals surface area contributed by atoms with Crippen molar-refractivity contribution in [2.24, 2.45) is 0 Å². The monoisotopic (exact) mass is 334 g/mol. The molecule has 1 aromatic rings. The van der Waals surface area contributed by atoms with E-state index in [-0.39, 0.29) is 42.9 Å². The molecule has 1 amide bonds. The van der Waals surface area contributed by atoms with Crippen LogP contribution in [0.2, 0.25) is 0 Å². The summed E-state index contributed by atoms with van der Waals surface area (Å²) in [6, 6.07) is 5.51. The van der Waals surface area contributed by atoms with Crippen LogP contribution in [-0.2, 0) is 25.7 Å². The van der Waals surface area contributed by atoms with E-state index in [0.717, 1.165) is 0 Å². The third-order valence-electron chi connectivity index (χ3n) is 3.86. The molecule has 0 bridgehead atoms. The number of rotatable bonds is 8. The van der Waals surface area contributed by atoms with Gasteiger partial charge in [-0.05, 0) is 24.6 Å². The van der Waals surface area contributed by atoms with Gasteiger partial charge in [0.05, 0.1) is 4.92 Å². The van der Waals surface area contributed by atoms with Gasteiger partial charge in [0.25, 0.3) is 5.69 Å². The van der Waals surface area contributed by atoms with Crippen molar-refractivity contribution in [1.29, 1.82) is 0 Å². The van der Waals surface area contributed by atoms with E-state index in [1.54, 1.807) is 4.90 Å². The number of non-ortho nitro benzene ring substituents is 1. The Balaban J connectivity index is 1.73. The number of carbonyl (C=O) groups is 3. The molecule has 24 heavy (non-hydrogen) atoms. The van der Waals surface area contributed by atoms with Crippen LogP contribution in [0.3, 0.4) is 0 Å². The predicted molar refractivity (Wildman–Crippen MR) is 82.9 cm³/mol. The quantitative estimate of drug-likeness (QED) is 0.235. The summed E-state index contributed by atoms with van der Waals surface area (Å²) in [6.45, 7) is 2.35. The summed E-state index contributed by atoms with van der Waals surface area (Å²) in [6.07, 6.45) is 0.166. The Morgan fingerprint density at radius 2 is 2.00 bits per heavy atom. The summed E-state index contributed by atoms with van der Waals surface area (Å²) in [5.41, 5.74) is 0.555. The van der Waals surface area contributed by atoms with Crippen LogP contribution in [0.15, 0.2) is 24.3 Å². The molecule has 1 aromatic carbocycles. The second-order valence-corrected chi connectivity index (χ2v) is 5.54. The second kappa shape index (κ2) is 7.67. The minimum atomic E-state index is -0.646. The zero-order chi connectivity index (χ0) is 17.7. The first kappa shape index (κ1) is 17.6. The standard InChI is InChI=1S/C16H18N2O6/c1-2-17-13(8-15(17)20)7-14(19)9-16(21)24-10-11-3-5-12(6-4-11)18(22)23/h3-6,13H,2,7-10H2,1H3. The van der Waals surface area contributed by atoms with Gasteiger partial charge >= 0.3 is 5.97 Å². The number of hydrogen-bond acceptors (Lipinski definition) is 6. The predicted octanol–water partition coefficient (Wildman–Crippen LogP) is 1.61. The van der Waals surface area contributed by atoms with Crippen LogP contribution in [0.1, 0.15) is 31.7 Å². The van der Waals surface area contributed by atoms with Gasteiger partial charge in [-0.3, -0.25) is 24.5 Å². The summed E-state index contributed by atoms with van der Waals surface area (Å²) in [7, 11) is 0. The lowest BCUT2D eigenvalue weighted by atomic mass is 9.95. The Bertz CT molecular complexity index is 655. The van der Waals surface area contributed by atoms with Gasteiger partial charge in [-0.15, -0.1) is 0 Å². The fourth-order valence-electron chi connectivity index (χ4n) is 2.56. The number of benzene rings is 1. The topological polar surface area (TPSA) is 107 Å². The first-order valence-corrected chi connectivity index (χ1v) is 7.60. The Labute approximate surface area is 138 Å². The van der Waals surface area contributed by atoms with Crippen LogP contribution >= 0.6 is 0 Å². The lowest BCUT2D eigenvalue weighted by Crippen LogP contribution is -2.53. The van der Waals surface area contributed by atoms with Gasteiger partial charge in [0.1, 0.15) is 18.8 Å². The van der Waals surface area contributed by atoms with E-state index in [1.807, 2.05) is 6.92 Å². The number of esters is 1. The fourth-order valence-corrected chi connectivity index (χ4v) is 2.56. The van der Waals surface area contributed by atoms with Crippen molar-refractivity contribution in [3.05, 3.63) is 39.9 Å². The minimum Gasteiger partial charge on any atom is -0.460 e. The largest absolute Gasteiger partial charge is 0.460 e. The molecule has 0 saturated carbocycles. The normalized spacial score (nSPS) is 16.5. The van der Waals surface area contributed by atoms with Gasteiger partial charge in [0, 0.05) is 37.6 Å². The van der Waals surface area contributed by atoms with E-state index < -0.39 is 10.9 Å². The molecule has 1 heterocycles. The van der Waals surface area contributed by atoms with Crippen LogP contribution < -0.4 is 0 Å². The molecule has 1 aliphatic rings. The van der Waals surface area contributed by atoms with E-state index in [2.05, 4.69) is 0 Å². The zero-order valence-corrected chi connectivity index (χ0v) is 13.3. The molecule has 1 unspecified atom stereocenters. The molecule has 0 N–H and O–H groups in total. The number of ether oxygens (including phenoxy) is 1. The average Bonchev–Trinajstić information content (AvgIpc) is 2.53. The van der Waals surface area contributed by atoms with Gasteiger partial charge < -0.3 is 9.64 Å². The molecule has 0 aliphatic carbocycles. The number of Topliss-reactive ketones (excluding diaryl/α,β-unsaturated/α-hetero) is 1. The molecule has 0 aromatic heterocycles. The molecular weight excluding hydrogens is 316 g/mol. The molecule has 8 heteroatoms. The number of nitro benzene ring substituents is 1. The number of ketones is 1. The maximum atomic E-state index is 11.8. The fraction of sp³-hybridized carbons (Fsp3) is 0.438. The third-order valence-corrected chi connectivity index (χ3v) is 3.86. The minimum absolute atomic E-state index is 0.0241. The van der Waals surface area contributed by atoms with Crippen LogP contribution in [0.4, 0.5) is 5.69 Å². The number of nitro groups is 1. The summed E-state index contributed by atoms with van der Waals surface area (Å²) >= 11 is 0. The number of nitrogens with zero attached hydrogens (tertiary/aromatic N) is 2. The SMILES string of the molecule is CCN1C(=O)CC1CC(=O)CC(=O)OCc1ccc([N+](=O)[O-])cc1. The highest BCUT2D eigenvalue weighted by molar-refractivity contribution is 5.97. The lowest BCUT2D eigenvalue weighted by Gasteiger charge is -2.39. The molecule has 1 fully saturated rings. The number of likely N-dealkylation sites (tertiary alicyclic amines) is 1. The third kappa shape index (κ3) is 4.37. The highest BCUT2D eigenvalue weighted by Crippen LogP contribution is 2.22. The zero-order valence-electron chi connectivity index (χ0n) is 13.3. The van der Waals surface area contributed by atoms with Crippen molar-refractivity contribution < 1.29 is 24.0 Å². The van der Waals surface area contributed by atoms with E-state index in [1.165, 1.54) is 24.3 Å². The molecule has 0 radical (unpaired) electrons. The van der Waals surface area contributed by atoms with Crippen molar-refractivity contribution in [3.63, 3.8) is 0 Å². The van der Waals surface area contributed by atoms with Crippen LogP contribution in [0.25, 0.3) is 0 Å². The smallest absolute Gasteiger partial charge is 0.313 e. The van der Waals surface area contributed by atoms with E-state index in [4.69, 9.17) is 4.74 Å². The van der Waals surface area contributed by atoms with Crippen LogP contribution in [-0.4, -0.2) is 40.1 Å². The molecule has 0 spiro atoms. The number of β-lactam (4-membered cyclic amide) rings is 1. The van der Waals surface area contributed by atoms with Gasteiger partial charge in [-0.25, -0.2) is 0 Å². The Kier molecular flexibility index (Phi) is 5.62. The number of amides is 1. The van der Waals surface area contributed by atoms with Crippen LogP contribution in [0, 0.1) is 10.1 Å². The Hall–Kier alpha value is -2.77. The molecular formula is C16H18N2O6. The maximum Gasteiger partial charge on any atom is 0.313 e. The van der Waals surface area contributed by atoms with Crippen molar-refractivity contribution in [3.8, 4) is 0 Å². The highest BCUT2D eigenvalue weighted by Gasteiger charge is 2.36. The van der Waals surface area contributed by atoms with E-state index in [9.17, 15) is 24.5 Å². The molecule has 1 aliphatic heterocycles. The van der Waals surface area contributed by atoms with Crippen molar-refractivity contribution in [2.75, 3.05) is 6.54 Å². The maximum absolute atomic E-state index is 11.8. The molecule has 2 rings (SSSR count).